The molecule has 9 heteroatoms. The highest BCUT2D eigenvalue weighted by atomic mass is 32.2. The summed E-state index contributed by atoms with van der Waals surface area (Å²) in [5.41, 5.74) is 0.598. The monoisotopic (exact) mass is 437 g/mol. The number of rotatable bonds is 6. The fourth-order valence-corrected chi connectivity index (χ4v) is 5.13. The zero-order chi connectivity index (χ0) is 21.9. The second kappa shape index (κ2) is 9.09. The minimum Gasteiger partial charge on any atom is -0.366 e. The molecule has 0 spiro atoms. The van der Waals surface area contributed by atoms with E-state index < -0.39 is 20.7 Å². The molecule has 1 aliphatic rings. The molecule has 0 bridgehead atoms. The van der Waals surface area contributed by atoms with Gasteiger partial charge in [-0.15, -0.1) is 0 Å². The van der Waals surface area contributed by atoms with Crippen molar-refractivity contribution in [1.29, 1.82) is 0 Å². The SMILES string of the molecule is CCN(CC)S(=O)(=O)c1cc(C(=O)N2CCN(c3ccccc3F)CC2)ccc1F. The maximum Gasteiger partial charge on any atom is 0.254 e. The molecule has 0 radical (unpaired) electrons. The largest absolute Gasteiger partial charge is 0.366 e. The molecule has 162 valence electrons. The smallest absolute Gasteiger partial charge is 0.254 e. The Morgan fingerprint density at radius 1 is 0.967 bits per heavy atom. The lowest BCUT2D eigenvalue weighted by molar-refractivity contribution is 0.0746. The van der Waals surface area contributed by atoms with Crippen molar-refractivity contribution in [2.24, 2.45) is 0 Å². The Bertz CT molecular complexity index is 1020. The van der Waals surface area contributed by atoms with E-state index in [1.165, 1.54) is 12.1 Å². The van der Waals surface area contributed by atoms with Gasteiger partial charge in [-0.25, -0.2) is 17.2 Å². The summed E-state index contributed by atoms with van der Waals surface area (Å²) >= 11 is 0. The number of benzene rings is 2. The first-order valence-corrected chi connectivity index (χ1v) is 11.3. The predicted octanol–water partition coefficient (Wildman–Crippen LogP) is 2.96. The Hall–Kier alpha value is -2.52. The van der Waals surface area contributed by atoms with Gasteiger partial charge >= 0.3 is 0 Å². The molecular formula is C21H25F2N3O3S. The number of nitrogens with zero attached hydrogens (tertiary/aromatic N) is 3. The van der Waals surface area contributed by atoms with Crippen molar-refractivity contribution < 1.29 is 22.0 Å². The van der Waals surface area contributed by atoms with Gasteiger partial charge in [0.1, 0.15) is 16.5 Å². The van der Waals surface area contributed by atoms with Crippen molar-refractivity contribution in [3.8, 4) is 0 Å². The van der Waals surface area contributed by atoms with Gasteiger partial charge < -0.3 is 9.80 Å². The third kappa shape index (κ3) is 4.32. The van der Waals surface area contributed by atoms with E-state index in [0.29, 0.717) is 31.9 Å². The van der Waals surface area contributed by atoms with E-state index in [-0.39, 0.29) is 30.4 Å². The second-order valence-corrected chi connectivity index (χ2v) is 8.87. The molecule has 1 amide bonds. The molecular weight excluding hydrogens is 412 g/mol. The van der Waals surface area contributed by atoms with Crippen molar-refractivity contribution in [2.45, 2.75) is 18.7 Å². The number of carbonyl (C=O) groups excluding carboxylic acids is 1. The third-order valence-corrected chi connectivity index (χ3v) is 7.33. The lowest BCUT2D eigenvalue weighted by atomic mass is 10.1. The second-order valence-electron chi connectivity index (χ2n) is 6.97. The fourth-order valence-electron chi connectivity index (χ4n) is 3.58. The highest BCUT2D eigenvalue weighted by Gasteiger charge is 2.28. The van der Waals surface area contributed by atoms with E-state index in [2.05, 4.69) is 0 Å². The molecule has 1 aliphatic heterocycles. The number of sulfonamides is 1. The molecule has 1 fully saturated rings. The normalized spacial score (nSPS) is 15.0. The highest BCUT2D eigenvalue weighted by molar-refractivity contribution is 7.89. The molecule has 1 heterocycles. The molecule has 6 nitrogen and oxygen atoms in total. The van der Waals surface area contributed by atoms with Crippen molar-refractivity contribution in [3.63, 3.8) is 0 Å². The number of para-hydroxylation sites is 1. The summed E-state index contributed by atoms with van der Waals surface area (Å²) in [6, 6.07) is 9.87. The molecule has 2 aromatic carbocycles. The standard InChI is InChI=1S/C21H25F2N3O3S/c1-3-26(4-2)30(28,29)20-15-16(9-10-18(20)23)21(27)25-13-11-24(12-14-25)19-8-6-5-7-17(19)22/h5-10,15H,3-4,11-14H2,1-2H3. The van der Waals surface area contributed by atoms with Gasteiger partial charge in [0.25, 0.3) is 5.91 Å². The number of piperazine rings is 1. The molecule has 30 heavy (non-hydrogen) atoms. The topological polar surface area (TPSA) is 60.9 Å². The summed E-state index contributed by atoms with van der Waals surface area (Å²) < 4.78 is 54.9. The highest BCUT2D eigenvalue weighted by Crippen LogP contribution is 2.23. The van der Waals surface area contributed by atoms with Gasteiger partial charge in [0.05, 0.1) is 5.69 Å². The van der Waals surface area contributed by atoms with E-state index in [0.717, 1.165) is 16.4 Å². The first-order valence-electron chi connectivity index (χ1n) is 9.88. The Morgan fingerprint density at radius 2 is 1.60 bits per heavy atom. The van der Waals surface area contributed by atoms with Gasteiger partial charge in [-0.2, -0.15) is 4.31 Å². The third-order valence-electron chi connectivity index (χ3n) is 5.26. The summed E-state index contributed by atoms with van der Waals surface area (Å²) in [6.45, 7) is 5.33. The molecule has 0 atom stereocenters. The van der Waals surface area contributed by atoms with Crippen LogP contribution in [0.4, 0.5) is 14.5 Å². The molecule has 0 aliphatic carbocycles. The molecule has 0 aromatic heterocycles. The molecule has 3 rings (SSSR count). The maximum absolute atomic E-state index is 14.3. The maximum atomic E-state index is 14.3. The van der Waals surface area contributed by atoms with Gasteiger partial charge in [0, 0.05) is 44.8 Å². The van der Waals surface area contributed by atoms with Crippen molar-refractivity contribution in [3.05, 3.63) is 59.7 Å². The minimum atomic E-state index is -4.03. The molecule has 1 saturated heterocycles. The van der Waals surface area contributed by atoms with Gasteiger partial charge in [0.2, 0.25) is 10.0 Å². The van der Waals surface area contributed by atoms with Crippen LogP contribution in [-0.4, -0.2) is 62.8 Å². The van der Waals surface area contributed by atoms with E-state index in [1.807, 2.05) is 4.90 Å². The van der Waals surface area contributed by atoms with Crippen molar-refractivity contribution in [2.75, 3.05) is 44.2 Å². The first kappa shape index (κ1) is 22.2. The van der Waals surface area contributed by atoms with Gasteiger partial charge in [0.15, 0.2) is 0 Å². The van der Waals surface area contributed by atoms with E-state index in [1.54, 1.807) is 36.9 Å². The van der Waals surface area contributed by atoms with E-state index in [4.69, 9.17) is 0 Å². The minimum absolute atomic E-state index is 0.112. The van der Waals surface area contributed by atoms with E-state index in [9.17, 15) is 22.0 Å². The average Bonchev–Trinajstić information content (AvgIpc) is 2.74. The molecule has 0 N–H and O–H groups in total. The Morgan fingerprint density at radius 3 is 2.20 bits per heavy atom. The molecule has 0 saturated carbocycles. The van der Waals surface area contributed by atoms with Crippen LogP contribution in [0.25, 0.3) is 0 Å². The summed E-state index contributed by atoms with van der Waals surface area (Å²) in [7, 11) is -4.03. The van der Waals surface area contributed by atoms with Crippen LogP contribution in [-0.2, 0) is 10.0 Å². The summed E-state index contributed by atoms with van der Waals surface area (Å²) in [6.07, 6.45) is 0. The number of halogens is 2. The van der Waals surface area contributed by atoms with Crippen LogP contribution in [0.3, 0.4) is 0 Å². The van der Waals surface area contributed by atoms with Crippen LogP contribution in [0.2, 0.25) is 0 Å². The quantitative estimate of drug-likeness (QED) is 0.697. The van der Waals surface area contributed by atoms with Crippen molar-refractivity contribution in [1.82, 2.24) is 9.21 Å². The van der Waals surface area contributed by atoms with Crippen LogP contribution in [0, 0.1) is 11.6 Å². The van der Waals surface area contributed by atoms with Gasteiger partial charge in [-0.1, -0.05) is 26.0 Å². The summed E-state index contributed by atoms with van der Waals surface area (Å²) in [5.74, 6) is -1.58. The number of amides is 1. The molecule has 0 unspecified atom stereocenters. The van der Waals surface area contributed by atoms with Crippen LogP contribution in [0.5, 0.6) is 0 Å². The van der Waals surface area contributed by atoms with Crippen LogP contribution < -0.4 is 4.90 Å². The Balaban J connectivity index is 1.78. The van der Waals surface area contributed by atoms with Crippen LogP contribution in [0.1, 0.15) is 24.2 Å². The zero-order valence-corrected chi connectivity index (χ0v) is 17.8. The lowest BCUT2D eigenvalue weighted by Crippen LogP contribution is -2.49. The fraction of sp³-hybridized carbons (Fsp3) is 0.381. The number of anilines is 1. The summed E-state index contributed by atoms with van der Waals surface area (Å²) in [5, 5.41) is 0. The Kier molecular flexibility index (Phi) is 6.72. The van der Waals surface area contributed by atoms with Gasteiger partial charge in [-0.3, -0.25) is 4.79 Å². The summed E-state index contributed by atoms with van der Waals surface area (Å²) in [4.78, 5) is 15.8. The van der Waals surface area contributed by atoms with Gasteiger partial charge in [-0.05, 0) is 30.3 Å². The number of hydrogen-bond donors (Lipinski definition) is 0. The van der Waals surface area contributed by atoms with Crippen LogP contribution >= 0.6 is 0 Å². The number of hydrogen-bond acceptors (Lipinski definition) is 4. The lowest BCUT2D eigenvalue weighted by Gasteiger charge is -2.36. The predicted molar refractivity (Wildman–Crippen MR) is 111 cm³/mol. The van der Waals surface area contributed by atoms with Crippen LogP contribution in [0.15, 0.2) is 47.4 Å². The first-order chi connectivity index (χ1) is 14.3. The average molecular weight is 438 g/mol. The van der Waals surface area contributed by atoms with E-state index >= 15 is 0 Å². The Labute approximate surface area is 175 Å². The van der Waals surface area contributed by atoms with Crippen molar-refractivity contribution >= 4 is 21.6 Å². The number of carbonyl (C=O) groups is 1. The molecule has 2 aromatic rings. The zero-order valence-electron chi connectivity index (χ0n) is 17.0.